The Bertz CT molecular complexity index is 887. The molecule has 1 aliphatic rings. The zero-order valence-electron chi connectivity index (χ0n) is 13.4. The smallest absolute Gasteiger partial charge is 0.236 e. The maximum Gasteiger partial charge on any atom is 0.236 e. The minimum Gasteiger partial charge on any atom is -0.308 e. The average Bonchev–Trinajstić information content (AvgIpc) is 3.27. The summed E-state index contributed by atoms with van der Waals surface area (Å²) >= 11 is 0. The van der Waals surface area contributed by atoms with Crippen molar-refractivity contribution in [1.82, 2.24) is 14.8 Å². The standard InChI is InChI=1S/C18H16F2N4O.H2/c1-3-13(14(19)4-2)18(7-8-18)17(25)22-16-6-10-24(23-16)12-5-9-21-15(20)11-12;/h3-6,9-11H,1-2,7-8H2,(H,22,23,25);1H/b14-13-;. The second kappa shape index (κ2) is 6.43. The number of aromatic nitrogens is 3. The van der Waals surface area contributed by atoms with Crippen molar-refractivity contribution >= 4 is 11.7 Å². The summed E-state index contributed by atoms with van der Waals surface area (Å²) in [6.07, 6.45) is 6.37. The number of allylic oxidation sites excluding steroid dienone is 3. The number of rotatable bonds is 6. The number of halogens is 2. The van der Waals surface area contributed by atoms with Gasteiger partial charge in [-0.25, -0.2) is 14.1 Å². The number of nitrogens with one attached hydrogen (secondary N) is 1. The number of hydrogen-bond acceptors (Lipinski definition) is 3. The second-order valence-corrected chi connectivity index (χ2v) is 5.69. The summed E-state index contributed by atoms with van der Waals surface area (Å²) in [5.74, 6) is -1.25. The van der Waals surface area contributed by atoms with Crippen LogP contribution in [-0.4, -0.2) is 20.7 Å². The van der Waals surface area contributed by atoms with E-state index in [1.807, 2.05) is 0 Å². The molecule has 0 saturated heterocycles. The second-order valence-electron chi connectivity index (χ2n) is 5.69. The maximum atomic E-state index is 13.9. The summed E-state index contributed by atoms with van der Waals surface area (Å²) in [6.45, 7) is 6.99. The van der Waals surface area contributed by atoms with Gasteiger partial charge in [-0.05, 0) is 25.0 Å². The van der Waals surface area contributed by atoms with Gasteiger partial charge in [-0.1, -0.05) is 19.2 Å². The molecular weight excluding hydrogens is 326 g/mol. The highest BCUT2D eigenvalue weighted by Crippen LogP contribution is 2.54. The van der Waals surface area contributed by atoms with Crippen LogP contribution in [0, 0.1) is 11.4 Å². The van der Waals surface area contributed by atoms with Crippen LogP contribution in [0.4, 0.5) is 14.6 Å². The van der Waals surface area contributed by atoms with E-state index >= 15 is 0 Å². The number of carbonyl (C=O) groups is 1. The van der Waals surface area contributed by atoms with Crippen molar-refractivity contribution in [2.24, 2.45) is 5.41 Å². The molecule has 3 rings (SSSR count). The van der Waals surface area contributed by atoms with E-state index in [2.05, 4.69) is 28.6 Å². The first-order valence-corrected chi connectivity index (χ1v) is 7.64. The molecular formula is C18H18F2N4O. The first-order valence-electron chi connectivity index (χ1n) is 7.64. The molecule has 0 radical (unpaired) electrons. The third kappa shape index (κ3) is 3.13. The SMILES string of the molecule is C=C/C(F)=C(\C=C)C1(C(=O)Nc2ccn(-c3ccnc(F)c3)n2)CC1.[HH]. The van der Waals surface area contributed by atoms with Crippen LogP contribution in [0.5, 0.6) is 0 Å². The third-order valence-corrected chi connectivity index (χ3v) is 4.15. The van der Waals surface area contributed by atoms with E-state index < -0.39 is 17.2 Å². The fraction of sp³-hybridized carbons (Fsp3) is 0.167. The van der Waals surface area contributed by atoms with Crippen molar-refractivity contribution in [2.45, 2.75) is 12.8 Å². The maximum absolute atomic E-state index is 13.9. The lowest BCUT2D eigenvalue weighted by molar-refractivity contribution is -0.119. The summed E-state index contributed by atoms with van der Waals surface area (Å²) in [7, 11) is 0. The summed E-state index contributed by atoms with van der Waals surface area (Å²) in [5, 5.41) is 6.87. The van der Waals surface area contributed by atoms with Crippen LogP contribution in [0.3, 0.4) is 0 Å². The fourth-order valence-corrected chi connectivity index (χ4v) is 2.68. The van der Waals surface area contributed by atoms with E-state index in [1.54, 1.807) is 18.3 Å². The Morgan fingerprint density at radius 3 is 2.72 bits per heavy atom. The Morgan fingerprint density at radius 1 is 1.36 bits per heavy atom. The minimum atomic E-state index is -0.938. The molecule has 2 aromatic heterocycles. The molecule has 0 bridgehead atoms. The van der Waals surface area contributed by atoms with Crippen molar-refractivity contribution in [1.29, 1.82) is 0 Å². The molecule has 0 aromatic carbocycles. The van der Waals surface area contributed by atoms with Crippen molar-refractivity contribution in [3.8, 4) is 5.69 Å². The lowest BCUT2D eigenvalue weighted by Gasteiger charge is -2.16. The molecule has 7 heteroatoms. The van der Waals surface area contributed by atoms with Crippen molar-refractivity contribution in [2.75, 3.05) is 5.32 Å². The van der Waals surface area contributed by atoms with Crippen molar-refractivity contribution in [3.05, 3.63) is 73.3 Å². The number of hydrogen-bond donors (Lipinski definition) is 1. The molecule has 0 unspecified atom stereocenters. The number of nitrogens with zero attached hydrogens (tertiary/aromatic N) is 3. The minimum absolute atomic E-state index is 0. The van der Waals surface area contributed by atoms with E-state index in [1.165, 1.54) is 23.0 Å². The van der Waals surface area contributed by atoms with Gasteiger partial charge in [0.15, 0.2) is 5.82 Å². The lowest BCUT2D eigenvalue weighted by atomic mass is 9.93. The van der Waals surface area contributed by atoms with Gasteiger partial charge in [-0.15, -0.1) is 0 Å². The molecule has 2 aromatic rings. The largest absolute Gasteiger partial charge is 0.308 e. The third-order valence-electron chi connectivity index (χ3n) is 4.15. The molecule has 1 N–H and O–H groups in total. The Balaban J connectivity index is 0.00000243. The van der Waals surface area contributed by atoms with Crippen LogP contribution in [0.1, 0.15) is 14.3 Å². The van der Waals surface area contributed by atoms with E-state index in [0.29, 0.717) is 18.5 Å². The topological polar surface area (TPSA) is 59.8 Å². The first kappa shape index (κ1) is 16.8. The van der Waals surface area contributed by atoms with Gasteiger partial charge in [-0.2, -0.15) is 9.49 Å². The zero-order chi connectivity index (χ0) is 18.0. The van der Waals surface area contributed by atoms with Gasteiger partial charge in [0.25, 0.3) is 0 Å². The van der Waals surface area contributed by atoms with Gasteiger partial charge < -0.3 is 5.32 Å². The predicted octanol–water partition coefficient (Wildman–Crippen LogP) is 3.97. The molecule has 2 heterocycles. The Kier molecular flexibility index (Phi) is 4.31. The lowest BCUT2D eigenvalue weighted by Crippen LogP contribution is -2.26. The fourth-order valence-electron chi connectivity index (χ4n) is 2.68. The quantitative estimate of drug-likeness (QED) is 0.637. The molecule has 1 saturated carbocycles. The normalized spacial score (nSPS) is 15.9. The van der Waals surface area contributed by atoms with E-state index in [0.717, 1.165) is 6.08 Å². The van der Waals surface area contributed by atoms with Crippen molar-refractivity contribution < 1.29 is 15.0 Å². The molecule has 1 aliphatic carbocycles. The predicted molar refractivity (Wildman–Crippen MR) is 92.3 cm³/mol. The van der Waals surface area contributed by atoms with Crippen LogP contribution < -0.4 is 5.32 Å². The van der Waals surface area contributed by atoms with Gasteiger partial charge in [-0.3, -0.25) is 4.79 Å². The van der Waals surface area contributed by atoms with Gasteiger partial charge in [0, 0.05) is 31.5 Å². The zero-order valence-corrected chi connectivity index (χ0v) is 13.4. The molecule has 130 valence electrons. The summed E-state index contributed by atoms with van der Waals surface area (Å²) in [5.41, 5.74) is -0.235. The highest BCUT2D eigenvalue weighted by molar-refractivity contribution is 5.99. The highest BCUT2D eigenvalue weighted by atomic mass is 19.1. The Labute approximate surface area is 144 Å². The van der Waals surface area contributed by atoms with Gasteiger partial charge in [0.05, 0.1) is 11.1 Å². The molecule has 1 amide bonds. The summed E-state index contributed by atoms with van der Waals surface area (Å²) < 4.78 is 28.5. The van der Waals surface area contributed by atoms with Crippen LogP contribution in [0.2, 0.25) is 0 Å². The van der Waals surface area contributed by atoms with E-state index in [-0.39, 0.29) is 18.7 Å². The molecule has 5 nitrogen and oxygen atoms in total. The number of pyridine rings is 1. The number of amides is 1. The van der Waals surface area contributed by atoms with Crippen LogP contribution in [0.25, 0.3) is 5.69 Å². The van der Waals surface area contributed by atoms with E-state index in [9.17, 15) is 13.6 Å². The highest BCUT2D eigenvalue weighted by Gasteiger charge is 2.53. The Morgan fingerprint density at radius 2 is 2.12 bits per heavy atom. The molecule has 0 spiro atoms. The van der Waals surface area contributed by atoms with E-state index in [4.69, 9.17) is 0 Å². The van der Waals surface area contributed by atoms with Crippen LogP contribution in [0.15, 0.2) is 67.3 Å². The van der Waals surface area contributed by atoms with Crippen molar-refractivity contribution in [3.63, 3.8) is 0 Å². The van der Waals surface area contributed by atoms with Gasteiger partial charge in [0.1, 0.15) is 5.83 Å². The number of anilines is 1. The summed E-state index contributed by atoms with van der Waals surface area (Å²) in [6, 6.07) is 4.38. The van der Waals surface area contributed by atoms with Crippen LogP contribution >= 0.6 is 0 Å². The monoisotopic (exact) mass is 344 g/mol. The molecule has 0 aliphatic heterocycles. The Hall–Kier alpha value is -3.09. The summed E-state index contributed by atoms with van der Waals surface area (Å²) in [4.78, 5) is 16.1. The number of carbonyl (C=O) groups excluding carboxylic acids is 1. The molecule has 0 atom stereocenters. The van der Waals surface area contributed by atoms with Gasteiger partial charge >= 0.3 is 0 Å². The molecule has 25 heavy (non-hydrogen) atoms. The first-order chi connectivity index (χ1) is 12.0. The van der Waals surface area contributed by atoms with Gasteiger partial charge in [0.2, 0.25) is 11.9 Å². The molecule has 1 fully saturated rings. The average molecular weight is 344 g/mol. The van der Waals surface area contributed by atoms with Crippen LogP contribution in [-0.2, 0) is 4.79 Å².